The molecule has 19 heavy (non-hydrogen) atoms. The zero-order chi connectivity index (χ0) is 13.7. The SMILES string of the molecule is CN=C(SCc1ccccc1)C1=C(O)CCCC1=O. The highest BCUT2D eigenvalue weighted by molar-refractivity contribution is 8.13. The molecule has 3 nitrogen and oxygen atoms in total. The molecule has 100 valence electrons. The average molecular weight is 275 g/mol. The van der Waals surface area contributed by atoms with Gasteiger partial charge in [-0.2, -0.15) is 0 Å². The molecule has 0 saturated carbocycles. The summed E-state index contributed by atoms with van der Waals surface area (Å²) < 4.78 is 0. The number of allylic oxidation sites excluding steroid dienone is 1. The first-order chi connectivity index (χ1) is 9.22. The number of aliphatic hydroxyl groups is 1. The number of benzene rings is 1. The third-order valence-corrected chi connectivity index (χ3v) is 4.16. The van der Waals surface area contributed by atoms with E-state index in [1.807, 2.05) is 30.3 Å². The van der Waals surface area contributed by atoms with Crippen molar-refractivity contribution < 1.29 is 9.90 Å². The molecular formula is C15H17NO2S. The smallest absolute Gasteiger partial charge is 0.168 e. The molecule has 1 aliphatic carbocycles. The molecule has 0 unspecified atom stereocenters. The van der Waals surface area contributed by atoms with Crippen molar-refractivity contribution in [2.24, 2.45) is 4.99 Å². The van der Waals surface area contributed by atoms with Crippen LogP contribution in [0.15, 0.2) is 46.7 Å². The van der Waals surface area contributed by atoms with Crippen molar-refractivity contribution in [3.63, 3.8) is 0 Å². The lowest BCUT2D eigenvalue weighted by molar-refractivity contribution is -0.115. The predicted molar refractivity (Wildman–Crippen MR) is 79.6 cm³/mol. The van der Waals surface area contributed by atoms with Gasteiger partial charge in [-0.15, -0.1) is 11.8 Å². The molecule has 4 heteroatoms. The van der Waals surface area contributed by atoms with Crippen LogP contribution in [0.25, 0.3) is 0 Å². The van der Waals surface area contributed by atoms with Gasteiger partial charge in [0.25, 0.3) is 0 Å². The second-order valence-electron chi connectivity index (χ2n) is 4.40. The molecule has 0 aromatic heterocycles. The Hall–Kier alpha value is -1.55. The summed E-state index contributed by atoms with van der Waals surface area (Å²) in [5.41, 5.74) is 1.60. The second kappa shape index (κ2) is 6.57. The number of carbonyl (C=O) groups is 1. The third-order valence-electron chi connectivity index (χ3n) is 3.02. The van der Waals surface area contributed by atoms with E-state index in [0.717, 1.165) is 12.2 Å². The lowest BCUT2D eigenvalue weighted by Crippen LogP contribution is -2.17. The zero-order valence-corrected chi connectivity index (χ0v) is 11.7. The van der Waals surface area contributed by atoms with Crippen LogP contribution in [0.3, 0.4) is 0 Å². The first-order valence-corrected chi connectivity index (χ1v) is 7.30. The zero-order valence-electron chi connectivity index (χ0n) is 10.9. The fourth-order valence-electron chi connectivity index (χ4n) is 2.04. The quantitative estimate of drug-likeness (QED) is 0.678. The van der Waals surface area contributed by atoms with Gasteiger partial charge in [0.05, 0.1) is 5.57 Å². The van der Waals surface area contributed by atoms with Crippen LogP contribution in [0.1, 0.15) is 24.8 Å². The maximum atomic E-state index is 11.9. The van der Waals surface area contributed by atoms with Crippen molar-refractivity contribution in [3.05, 3.63) is 47.2 Å². The molecule has 0 amide bonds. The fraction of sp³-hybridized carbons (Fsp3) is 0.333. The maximum absolute atomic E-state index is 11.9. The Morgan fingerprint density at radius 1 is 1.32 bits per heavy atom. The second-order valence-corrected chi connectivity index (χ2v) is 5.37. The van der Waals surface area contributed by atoms with Gasteiger partial charge < -0.3 is 5.11 Å². The van der Waals surface area contributed by atoms with Crippen LogP contribution in [-0.4, -0.2) is 23.0 Å². The highest BCUT2D eigenvalue weighted by Gasteiger charge is 2.24. The van der Waals surface area contributed by atoms with Crippen molar-refractivity contribution in [1.82, 2.24) is 0 Å². The van der Waals surface area contributed by atoms with Gasteiger partial charge in [-0.1, -0.05) is 30.3 Å². The van der Waals surface area contributed by atoms with Gasteiger partial charge in [0.1, 0.15) is 10.8 Å². The Labute approximate surface area is 117 Å². The normalized spacial score (nSPS) is 16.9. The van der Waals surface area contributed by atoms with E-state index in [2.05, 4.69) is 4.99 Å². The van der Waals surface area contributed by atoms with Crippen molar-refractivity contribution in [2.75, 3.05) is 7.05 Å². The van der Waals surface area contributed by atoms with Crippen molar-refractivity contribution in [3.8, 4) is 0 Å². The van der Waals surface area contributed by atoms with Gasteiger partial charge in [0.15, 0.2) is 5.78 Å². The van der Waals surface area contributed by atoms with Crippen LogP contribution >= 0.6 is 11.8 Å². The summed E-state index contributed by atoms with van der Waals surface area (Å²) in [6.07, 6.45) is 1.81. The molecule has 1 aromatic rings. The molecule has 0 spiro atoms. The molecule has 1 N–H and O–H groups in total. The third kappa shape index (κ3) is 3.47. The van der Waals surface area contributed by atoms with Crippen molar-refractivity contribution in [2.45, 2.75) is 25.0 Å². The highest BCUT2D eigenvalue weighted by Crippen LogP contribution is 2.27. The number of aliphatic imine (C=N–C) groups is 1. The molecule has 0 atom stereocenters. The van der Waals surface area contributed by atoms with Crippen LogP contribution in [0.4, 0.5) is 0 Å². The number of hydrogen-bond acceptors (Lipinski definition) is 4. The number of aliphatic hydroxyl groups excluding tert-OH is 1. The number of rotatable bonds is 3. The first kappa shape index (κ1) is 13.9. The number of nitrogens with zero attached hydrogens (tertiary/aromatic N) is 1. The van der Waals surface area contributed by atoms with Crippen LogP contribution in [0, 0.1) is 0 Å². The monoisotopic (exact) mass is 275 g/mol. The van der Waals surface area contributed by atoms with E-state index in [4.69, 9.17) is 0 Å². The summed E-state index contributed by atoms with van der Waals surface area (Å²) in [4.78, 5) is 16.1. The number of hydrogen-bond donors (Lipinski definition) is 1. The molecule has 0 radical (unpaired) electrons. The van der Waals surface area contributed by atoms with E-state index >= 15 is 0 Å². The van der Waals surface area contributed by atoms with Crippen molar-refractivity contribution in [1.29, 1.82) is 0 Å². The minimum absolute atomic E-state index is 0.00455. The van der Waals surface area contributed by atoms with Crippen molar-refractivity contribution >= 4 is 22.6 Å². The lowest BCUT2D eigenvalue weighted by atomic mass is 9.97. The van der Waals surface area contributed by atoms with E-state index in [0.29, 0.717) is 23.5 Å². The average Bonchev–Trinajstić information content (AvgIpc) is 2.43. The molecule has 0 aliphatic heterocycles. The van der Waals surface area contributed by atoms with Gasteiger partial charge in [-0.05, 0) is 12.0 Å². The summed E-state index contributed by atoms with van der Waals surface area (Å²) in [6, 6.07) is 10.0. The van der Waals surface area contributed by atoms with E-state index in [1.165, 1.54) is 17.3 Å². The van der Waals surface area contributed by atoms with Crippen LogP contribution < -0.4 is 0 Å². The Bertz CT molecular complexity index is 520. The number of ketones is 1. The lowest BCUT2D eigenvalue weighted by Gasteiger charge is -2.16. The maximum Gasteiger partial charge on any atom is 0.168 e. The van der Waals surface area contributed by atoms with Gasteiger partial charge >= 0.3 is 0 Å². The van der Waals surface area contributed by atoms with E-state index < -0.39 is 0 Å². The molecule has 0 bridgehead atoms. The standard InChI is InChI=1S/C15H17NO2S/c1-16-15(14-12(17)8-5-9-13(14)18)19-10-11-6-3-2-4-7-11/h2-4,6-7,17H,5,8-10H2,1H3. The minimum atomic E-state index is 0.00455. The van der Waals surface area contributed by atoms with Crippen LogP contribution in [-0.2, 0) is 10.5 Å². The minimum Gasteiger partial charge on any atom is -0.511 e. The molecule has 0 fully saturated rings. The Morgan fingerprint density at radius 3 is 2.68 bits per heavy atom. The summed E-state index contributed by atoms with van der Waals surface area (Å²) >= 11 is 1.50. The summed E-state index contributed by atoms with van der Waals surface area (Å²) in [5.74, 6) is 0.944. The molecule has 1 aliphatic rings. The number of thioether (sulfide) groups is 1. The fourth-order valence-corrected chi connectivity index (χ4v) is 3.05. The van der Waals surface area contributed by atoms with E-state index in [1.54, 1.807) is 7.05 Å². The highest BCUT2D eigenvalue weighted by atomic mass is 32.2. The van der Waals surface area contributed by atoms with Gasteiger partial charge in [-0.25, -0.2) is 0 Å². The molecule has 1 aromatic carbocycles. The predicted octanol–water partition coefficient (Wildman–Crippen LogP) is 3.51. The van der Waals surface area contributed by atoms with Crippen LogP contribution in [0.2, 0.25) is 0 Å². The summed E-state index contributed by atoms with van der Waals surface area (Å²) in [7, 11) is 1.66. The molecule has 2 rings (SSSR count). The molecule has 0 heterocycles. The van der Waals surface area contributed by atoms with E-state index in [-0.39, 0.29) is 11.5 Å². The topological polar surface area (TPSA) is 49.7 Å². The van der Waals surface area contributed by atoms with Gasteiger partial charge in [-0.3, -0.25) is 9.79 Å². The largest absolute Gasteiger partial charge is 0.511 e. The Morgan fingerprint density at radius 2 is 2.05 bits per heavy atom. The Balaban J connectivity index is 2.11. The molecule has 0 saturated heterocycles. The number of carbonyl (C=O) groups excluding carboxylic acids is 1. The summed E-state index contributed by atoms with van der Waals surface area (Å²) in [6.45, 7) is 0. The number of Topliss-reactive ketones (excluding diaryl/α,β-unsaturated/α-hetero) is 1. The molecular weight excluding hydrogens is 258 g/mol. The van der Waals surface area contributed by atoms with Crippen LogP contribution in [0.5, 0.6) is 0 Å². The van der Waals surface area contributed by atoms with Gasteiger partial charge in [0.2, 0.25) is 0 Å². The van der Waals surface area contributed by atoms with E-state index in [9.17, 15) is 9.90 Å². The first-order valence-electron chi connectivity index (χ1n) is 6.31. The Kier molecular flexibility index (Phi) is 4.80. The summed E-state index contributed by atoms with van der Waals surface area (Å²) in [5, 5.41) is 10.5. The van der Waals surface area contributed by atoms with Gasteiger partial charge in [0, 0.05) is 25.6 Å².